The van der Waals surface area contributed by atoms with Gasteiger partial charge in [0.15, 0.2) is 5.82 Å². The van der Waals surface area contributed by atoms with Crippen LogP contribution in [0.2, 0.25) is 0 Å². The first-order valence-electron chi connectivity index (χ1n) is 9.37. The molecule has 0 saturated heterocycles. The Morgan fingerprint density at radius 1 is 1.31 bits per heavy atom. The van der Waals surface area contributed by atoms with Crippen LogP contribution in [0.5, 0.6) is 0 Å². The minimum Gasteiger partial charge on any atom is -0.357 e. The number of nitrogens with one attached hydrogen (secondary N) is 1. The second kappa shape index (κ2) is 5.97. The van der Waals surface area contributed by atoms with E-state index < -0.39 is 0 Å². The quantitative estimate of drug-likeness (QED) is 0.781. The molecular formula is C20H22N4O2. The highest BCUT2D eigenvalue weighted by Gasteiger charge is 2.33. The number of aromatic amines is 1. The van der Waals surface area contributed by atoms with Gasteiger partial charge in [0.25, 0.3) is 0 Å². The third kappa shape index (κ3) is 2.60. The van der Waals surface area contributed by atoms with Crippen molar-refractivity contribution >= 4 is 16.8 Å². The molecule has 2 aromatic heterocycles. The number of likely N-dealkylation sites (N-methyl/N-ethyl adjacent to an activating group) is 1. The Morgan fingerprint density at radius 3 is 3.00 bits per heavy atom. The first kappa shape index (κ1) is 15.6. The lowest BCUT2D eigenvalue weighted by molar-refractivity contribution is -0.132. The summed E-state index contributed by atoms with van der Waals surface area (Å²) in [7, 11) is 1.82. The Hall–Kier alpha value is -2.63. The number of fused-ring (bicyclic) bond motifs is 3. The van der Waals surface area contributed by atoms with Gasteiger partial charge in [-0.2, -0.15) is 4.98 Å². The molecule has 26 heavy (non-hydrogen) atoms. The van der Waals surface area contributed by atoms with E-state index in [1.165, 1.54) is 10.9 Å². The zero-order chi connectivity index (χ0) is 17.7. The molecule has 2 aliphatic carbocycles. The zero-order valence-electron chi connectivity index (χ0n) is 14.9. The Labute approximate surface area is 151 Å². The van der Waals surface area contributed by atoms with Crippen molar-refractivity contribution < 1.29 is 9.32 Å². The molecule has 134 valence electrons. The summed E-state index contributed by atoms with van der Waals surface area (Å²) in [5.41, 5.74) is 3.50. The lowest BCUT2D eigenvalue weighted by Crippen LogP contribution is -2.33. The van der Waals surface area contributed by atoms with Crippen molar-refractivity contribution in [3.8, 4) is 0 Å². The fraction of sp³-hybridized carbons (Fsp3) is 0.450. The highest BCUT2D eigenvalue weighted by molar-refractivity contribution is 5.90. The van der Waals surface area contributed by atoms with Crippen molar-refractivity contribution in [2.24, 2.45) is 0 Å². The summed E-state index contributed by atoms with van der Waals surface area (Å²) < 4.78 is 5.33. The van der Waals surface area contributed by atoms with E-state index >= 15 is 0 Å². The minimum atomic E-state index is -0.123. The molecule has 1 saturated carbocycles. The summed E-state index contributed by atoms with van der Waals surface area (Å²) in [5.74, 6) is 1.76. The molecular weight excluding hydrogens is 328 g/mol. The maximum absolute atomic E-state index is 13.1. The van der Waals surface area contributed by atoms with Crippen molar-refractivity contribution in [2.45, 2.75) is 50.5 Å². The molecule has 1 fully saturated rings. The van der Waals surface area contributed by atoms with Gasteiger partial charge in [0.1, 0.15) is 0 Å². The van der Waals surface area contributed by atoms with Gasteiger partial charge in [0.05, 0.1) is 12.5 Å². The van der Waals surface area contributed by atoms with Gasteiger partial charge in [-0.3, -0.25) is 4.79 Å². The average Bonchev–Trinajstić information content (AvgIpc) is 3.29. The summed E-state index contributed by atoms with van der Waals surface area (Å²) in [6.45, 7) is 0.366. The fourth-order valence-electron chi connectivity index (χ4n) is 4.05. The molecule has 0 radical (unpaired) electrons. The number of nitrogens with zero attached hydrogens (tertiary/aromatic N) is 3. The summed E-state index contributed by atoms with van der Waals surface area (Å²) in [6, 6.07) is 8.30. The van der Waals surface area contributed by atoms with Crippen LogP contribution in [0.25, 0.3) is 10.9 Å². The van der Waals surface area contributed by atoms with Crippen LogP contribution in [0.3, 0.4) is 0 Å². The number of rotatable bonds is 4. The number of hydrogen-bond donors (Lipinski definition) is 1. The molecule has 3 aromatic rings. The monoisotopic (exact) mass is 350 g/mol. The number of aryl methyl sites for hydroxylation is 1. The molecule has 0 bridgehead atoms. The molecule has 1 aromatic carbocycles. The van der Waals surface area contributed by atoms with Crippen molar-refractivity contribution in [2.75, 3.05) is 7.05 Å². The molecule has 1 N–H and O–H groups in total. The minimum absolute atomic E-state index is 0.115. The van der Waals surface area contributed by atoms with E-state index in [1.54, 1.807) is 4.90 Å². The molecule has 0 aliphatic heterocycles. The number of carbonyl (C=O) groups is 1. The van der Waals surface area contributed by atoms with Crippen LogP contribution in [-0.2, 0) is 17.8 Å². The second-order valence-corrected chi connectivity index (χ2v) is 7.52. The molecule has 0 unspecified atom stereocenters. The number of amides is 1. The molecule has 2 heterocycles. The van der Waals surface area contributed by atoms with Gasteiger partial charge in [0.2, 0.25) is 11.8 Å². The van der Waals surface area contributed by atoms with Crippen molar-refractivity contribution in [1.82, 2.24) is 20.0 Å². The van der Waals surface area contributed by atoms with Crippen LogP contribution in [0.15, 0.2) is 28.8 Å². The van der Waals surface area contributed by atoms with Crippen LogP contribution in [0.1, 0.15) is 60.5 Å². The van der Waals surface area contributed by atoms with Crippen LogP contribution in [0.4, 0.5) is 0 Å². The molecule has 0 spiro atoms. The predicted octanol–water partition coefficient (Wildman–Crippen LogP) is 3.51. The Balaban J connectivity index is 1.38. The Morgan fingerprint density at radius 2 is 2.15 bits per heavy atom. The molecule has 6 heteroatoms. The maximum atomic E-state index is 13.1. The van der Waals surface area contributed by atoms with Crippen LogP contribution in [0, 0.1) is 0 Å². The predicted molar refractivity (Wildman–Crippen MR) is 96.7 cm³/mol. The smallest absolute Gasteiger partial charge is 0.246 e. The molecule has 1 atom stereocenters. The van der Waals surface area contributed by atoms with Crippen molar-refractivity contribution in [1.29, 1.82) is 0 Å². The van der Waals surface area contributed by atoms with E-state index in [0.29, 0.717) is 18.4 Å². The van der Waals surface area contributed by atoms with Gasteiger partial charge >= 0.3 is 0 Å². The molecule has 6 nitrogen and oxygen atoms in total. The van der Waals surface area contributed by atoms with Crippen LogP contribution >= 0.6 is 0 Å². The van der Waals surface area contributed by atoms with Crippen LogP contribution < -0.4 is 0 Å². The number of benzene rings is 1. The first-order valence-corrected chi connectivity index (χ1v) is 9.37. The number of aromatic nitrogens is 3. The van der Waals surface area contributed by atoms with E-state index in [0.717, 1.165) is 49.1 Å². The lowest BCUT2D eigenvalue weighted by atomic mass is 9.86. The Kier molecular flexibility index (Phi) is 3.58. The van der Waals surface area contributed by atoms with Crippen LogP contribution in [-0.4, -0.2) is 33.0 Å². The topological polar surface area (TPSA) is 75.0 Å². The maximum Gasteiger partial charge on any atom is 0.246 e. The van der Waals surface area contributed by atoms with E-state index in [2.05, 4.69) is 33.3 Å². The highest BCUT2D eigenvalue weighted by atomic mass is 16.5. The van der Waals surface area contributed by atoms with E-state index in [4.69, 9.17) is 4.52 Å². The highest BCUT2D eigenvalue weighted by Crippen LogP contribution is 2.39. The lowest BCUT2D eigenvalue weighted by Gasteiger charge is -2.26. The second-order valence-electron chi connectivity index (χ2n) is 7.52. The Bertz CT molecular complexity index is 969. The summed E-state index contributed by atoms with van der Waals surface area (Å²) in [5, 5.41) is 5.28. The standard InChI is InChI=1S/C20H22N4O2/c1-24(11-17-22-19(23-26-17)12-9-10-12)20(25)15-7-4-6-14-13-5-2-3-8-16(13)21-18(14)15/h2-3,5,8,12,15,21H,4,6-7,9-11H2,1H3/t15-/m0/s1. The third-order valence-corrected chi connectivity index (χ3v) is 5.59. The summed E-state index contributed by atoms with van der Waals surface area (Å²) in [4.78, 5) is 22.8. The molecule has 5 rings (SSSR count). The van der Waals surface area contributed by atoms with Gasteiger partial charge in [-0.25, -0.2) is 0 Å². The number of hydrogen-bond acceptors (Lipinski definition) is 4. The normalized spacial score (nSPS) is 19.5. The first-order chi connectivity index (χ1) is 12.7. The van der Waals surface area contributed by atoms with Gasteiger partial charge in [-0.15, -0.1) is 0 Å². The van der Waals surface area contributed by atoms with Crippen molar-refractivity contribution in [3.63, 3.8) is 0 Å². The van der Waals surface area contributed by atoms with Gasteiger partial charge in [-0.1, -0.05) is 23.4 Å². The van der Waals surface area contributed by atoms with Gasteiger partial charge in [0, 0.05) is 29.6 Å². The average molecular weight is 350 g/mol. The van der Waals surface area contributed by atoms with Crippen molar-refractivity contribution in [3.05, 3.63) is 47.2 Å². The van der Waals surface area contributed by atoms with E-state index in [-0.39, 0.29) is 11.8 Å². The SMILES string of the molecule is CN(Cc1nc(C2CC2)no1)C(=O)[C@H]1CCCc2c1[nH]c1ccccc21. The molecule has 1 amide bonds. The summed E-state index contributed by atoms with van der Waals surface area (Å²) >= 11 is 0. The largest absolute Gasteiger partial charge is 0.357 e. The zero-order valence-corrected chi connectivity index (χ0v) is 14.9. The number of para-hydroxylation sites is 1. The van der Waals surface area contributed by atoms with E-state index in [9.17, 15) is 4.79 Å². The number of carbonyl (C=O) groups excluding carboxylic acids is 1. The number of H-pyrrole nitrogens is 1. The van der Waals surface area contributed by atoms with Gasteiger partial charge < -0.3 is 14.4 Å². The molecule has 2 aliphatic rings. The fourth-order valence-corrected chi connectivity index (χ4v) is 4.05. The third-order valence-electron chi connectivity index (χ3n) is 5.59. The summed E-state index contributed by atoms with van der Waals surface area (Å²) in [6.07, 6.45) is 5.21. The van der Waals surface area contributed by atoms with E-state index in [1.807, 2.05) is 13.1 Å². The van der Waals surface area contributed by atoms with Gasteiger partial charge in [-0.05, 0) is 43.7 Å².